The third-order valence-electron chi connectivity index (χ3n) is 9.03. The Hall–Kier alpha value is -4.11. The molecule has 13 nitrogen and oxygen atoms in total. The Bertz CT molecular complexity index is 1620. The molecule has 1 aliphatic carbocycles. The lowest BCUT2D eigenvalue weighted by molar-refractivity contribution is -0.277. The number of fused-ring (bicyclic) bond motifs is 2. The molecular formula is C32H35N3O10. The van der Waals surface area contributed by atoms with Gasteiger partial charge < -0.3 is 50.8 Å². The van der Waals surface area contributed by atoms with Crippen LogP contribution in [-0.4, -0.2) is 99.6 Å². The summed E-state index contributed by atoms with van der Waals surface area (Å²) in [6.07, 6.45) is -4.21. The second kappa shape index (κ2) is 12.0. The van der Waals surface area contributed by atoms with Crippen LogP contribution in [0.2, 0.25) is 0 Å². The molecule has 13 heteroatoms. The minimum absolute atomic E-state index is 0.0223. The molecule has 5 atom stereocenters. The number of methoxy groups -OCH3 is 1. The fourth-order valence-corrected chi connectivity index (χ4v) is 6.56. The first-order chi connectivity index (χ1) is 21.6. The molecule has 8 N–H and O–H groups in total. The van der Waals surface area contributed by atoms with Gasteiger partial charge in [0.2, 0.25) is 12.1 Å². The summed E-state index contributed by atoms with van der Waals surface area (Å²) >= 11 is 0. The van der Waals surface area contributed by atoms with Crippen LogP contribution in [0.15, 0.2) is 42.6 Å². The van der Waals surface area contributed by atoms with Crippen molar-refractivity contribution < 1.29 is 49.3 Å². The molecule has 45 heavy (non-hydrogen) atoms. The number of aromatic nitrogens is 1. The minimum atomic E-state index is -1.76. The number of ether oxygens (including phenoxy) is 3. The van der Waals surface area contributed by atoms with Crippen LogP contribution in [-0.2, 0) is 16.6 Å². The van der Waals surface area contributed by atoms with E-state index >= 15 is 0 Å². The molecule has 6 rings (SSSR count). The molecule has 1 aromatic heterocycles. The number of phenols is 1. The summed E-state index contributed by atoms with van der Waals surface area (Å²) in [5, 5.41) is 55.1. The zero-order chi connectivity index (χ0) is 32.0. The molecule has 2 aliphatic heterocycles. The largest absolute Gasteiger partial charge is 0.507 e. The Labute approximate surface area is 258 Å². The number of carbonyl (C=O) groups excluding carboxylic acids is 2. The predicted molar refractivity (Wildman–Crippen MR) is 158 cm³/mol. The van der Waals surface area contributed by atoms with Gasteiger partial charge in [0.1, 0.15) is 47.5 Å². The smallest absolute Gasteiger partial charge is 0.229 e. The number of pyridine rings is 1. The topological polar surface area (TPSA) is 214 Å². The molecule has 0 saturated carbocycles. The predicted octanol–water partition coefficient (Wildman–Crippen LogP) is 0.196. The lowest BCUT2D eigenvalue weighted by Gasteiger charge is -2.40. The normalized spacial score (nSPS) is 25.8. The Kier molecular flexibility index (Phi) is 8.24. The third kappa shape index (κ3) is 5.41. The van der Waals surface area contributed by atoms with Crippen molar-refractivity contribution in [1.29, 1.82) is 0 Å². The van der Waals surface area contributed by atoms with Crippen LogP contribution in [0.5, 0.6) is 17.2 Å². The highest BCUT2D eigenvalue weighted by Crippen LogP contribution is 2.43. The van der Waals surface area contributed by atoms with Crippen LogP contribution in [0, 0.1) is 0 Å². The summed E-state index contributed by atoms with van der Waals surface area (Å²) < 4.78 is 16.6. The lowest BCUT2D eigenvalue weighted by Crippen LogP contribution is -2.60. The highest BCUT2D eigenvalue weighted by Gasteiger charge is 2.46. The van der Waals surface area contributed by atoms with Gasteiger partial charge in [0.05, 0.1) is 24.8 Å². The molecule has 3 heterocycles. The standard InChI is InChI=1S/C32H35N3O10/c1-43-17-10-19-25(21(11-17)44-31-30(42)29(41)27(39)22(14-36)45-31)28(40)24-18(26(19)38)8-15(9-20(24)37)12-32(4-6-34-7-5-32)16-2-3-23(33)35-13-16/h2-3,8-11,13,22,27,29-31,34,36-37,39,41-42H,4-7,12,14H2,1H3,(H2,33,35)/t22-,27-,29+,30-,31+/m1/s1. The van der Waals surface area contributed by atoms with E-state index in [1.54, 1.807) is 18.3 Å². The summed E-state index contributed by atoms with van der Waals surface area (Å²) in [6, 6.07) is 9.51. The number of carbonyl (C=O) groups is 2. The maximum atomic E-state index is 14.0. The number of rotatable bonds is 7. The lowest BCUT2D eigenvalue weighted by atomic mass is 9.69. The number of aliphatic hydroxyl groups excluding tert-OH is 4. The van der Waals surface area contributed by atoms with Crippen molar-refractivity contribution in [3.05, 3.63) is 76.0 Å². The average Bonchev–Trinajstić information content (AvgIpc) is 3.04. The summed E-state index contributed by atoms with van der Waals surface area (Å²) in [5.74, 6) is -1.29. The molecule has 2 aromatic carbocycles. The first-order valence-electron chi connectivity index (χ1n) is 14.6. The van der Waals surface area contributed by atoms with E-state index in [2.05, 4.69) is 10.3 Å². The molecule has 3 aliphatic rings. The maximum absolute atomic E-state index is 14.0. The Morgan fingerprint density at radius 3 is 2.40 bits per heavy atom. The van der Waals surface area contributed by atoms with Crippen molar-refractivity contribution in [2.45, 2.75) is 55.4 Å². The third-order valence-corrected chi connectivity index (χ3v) is 9.03. The number of nitrogens with one attached hydrogen (secondary N) is 1. The van der Waals surface area contributed by atoms with Crippen LogP contribution >= 0.6 is 0 Å². The number of nitrogens with two attached hydrogens (primary N) is 1. The number of nitrogen functional groups attached to an aromatic ring is 1. The van der Waals surface area contributed by atoms with Gasteiger partial charge in [-0.2, -0.15) is 0 Å². The fraction of sp³-hybridized carbons (Fsp3) is 0.406. The van der Waals surface area contributed by atoms with Crippen LogP contribution in [0.3, 0.4) is 0 Å². The molecule has 0 bridgehead atoms. The fourth-order valence-electron chi connectivity index (χ4n) is 6.56. The molecule has 0 spiro atoms. The minimum Gasteiger partial charge on any atom is -0.507 e. The van der Waals surface area contributed by atoms with Crippen LogP contribution in [0.4, 0.5) is 5.82 Å². The molecule has 0 amide bonds. The number of hydrogen-bond donors (Lipinski definition) is 7. The van der Waals surface area contributed by atoms with Gasteiger partial charge in [0.25, 0.3) is 0 Å². The van der Waals surface area contributed by atoms with E-state index in [1.807, 2.05) is 6.07 Å². The molecule has 0 unspecified atom stereocenters. The van der Waals surface area contributed by atoms with Gasteiger partial charge in [-0.1, -0.05) is 6.07 Å². The summed E-state index contributed by atoms with van der Waals surface area (Å²) in [5.41, 5.74) is 6.71. The molecule has 238 valence electrons. The second-order valence-electron chi connectivity index (χ2n) is 11.7. The number of piperidine rings is 1. The quantitative estimate of drug-likeness (QED) is 0.147. The van der Waals surface area contributed by atoms with E-state index in [9.17, 15) is 35.1 Å². The number of nitrogens with zero attached hydrogens (tertiary/aromatic N) is 1. The van der Waals surface area contributed by atoms with E-state index in [0.717, 1.165) is 31.5 Å². The van der Waals surface area contributed by atoms with Gasteiger partial charge >= 0.3 is 0 Å². The van der Waals surface area contributed by atoms with E-state index < -0.39 is 48.9 Å². The van der Waals surface area contributed by atoms with Crippen molar-refractivity contribution in [3.8, 4) is 17.2 Å². The second-order valence-corrected chi connectivity index (χ2v) is 11.7. The number of benzene rings is 2. The number of phenolic OH excluding ortho intramolecular Hbond substituents is 1. The van der Waals surface area contributed by atoms with Crippen molar-refractivity contribution in [3.63, 3.8) is 0 Å². The average molecular weight is 622 g/mol. The van der Waals surface area contributed by atoms with Crippen molar-refractivity contribution in [2.75, 3.05) is 32.5 Å². The molecule has 3 aromatic rings. The highest BCUT2D eigenvalue weighted by molar-refractivity contribution is 6.30. The number of anilines is 1. The van der Waals surface area contributed by atoms with Gasteiger partial charge in [-0.15, -0.1) is 0 Å². The van der Waals surface area contributed by atoms with Gasteiger partial charge in [-0.05, 0) is 67.7 Å². The first-order valence-corrected chi connectivity index (χ1v) is 14.6. The number of aromatic hydroxyl groups is 1. The van der Waals surface area contributed by atoms with Gasteiger partial charge in [-0.25, -0.2) is 4.98 Å². The van der Waals surface area contributed by atoms with Crippen molar-refractivity contribution >= 4 is 17.4 Å². The van der Waals surface area contributed by atoms with Crippen molar-refractivity contribution in [1.82, 2.24) is 10.3 Å². The Balaban J connectivity index is 1.38. The molecule has 2 saturated heterocycles. The van der Waals surface area contributed by atoms with Crippen LogP contribution < -0.4 is 20.5 Å². The number of ketones is 2. The first kappa shape index (κ1) is 30.9. The maximum Gasteiger partial charge on any atom is 0.229 e. The van der Waals surface area contributed by atoms with E-state index in [1.165, 1.54) is 25.3 Å². The summed E-state index contributed by atoms with van der Waals surface area (Å²) in [6.45, 7) is 0.848. The van der Waals surface area contributed by atoms with Gasteiger partial charge in [0.15, 0.2) is 5.78 Å². The SMILES string of the molecule is COc1cc(O[C@H]2O[C@H](CO)[C@@H](O)[C@H](O)[C@H]2O)c2c(c1)C(=O)c1cc(CC3(c4ccc(N)nc4)CCNCC3)cc(O)c1C2=O. The van der Waals surface area contributed by atoms with E-state index in [4.69, 9.17) is 19.9 Å². The van der Waals surface area contributed by atoms with Crippen LogP contribution in [0.25, 0.3) is 0 Å². The Morgan fingerprint density at radius 1 is 1.00 bits per heavy atom. The molecular weight excluding hydrogens is 586 g/mol. The molecule has 0 radical (unpaired) electrons. The zero-order valence-electron chi connectivity index (χ0n) is 24.5. The van der Waals surface area contributed by atoms with E-state index in [-0.39, 0.29) is 44.9 Å². The van der Waals surface area contributed by atoms with Crippen LogP contribution in [0.1, 0.15) is 55.8 Å². The summed E-state index contributed by atoms with van der Waals surface area (Å²) in [4.78, 5) is 32.3. The number of aliphatic hydroxyl groups is 4. The number of hydrogen-bond acceptors (Lipinski definition) is 13. The Morgan fingerprint density at radius 2 is 1.73 bits per heavy atom. The van der Waals surface area contributed by atoms with Gasteiger partial charge in [-0.3, -0.25) is 9.59 Å². The van der Waals surface area contributed by atoms with Gasteiger partial charge in [0, 0.05) is 28.8 Å². The zero-order valence-corrected chi connectivity index (χ0v) is 24.5. The van der Waals surface area contributed by atoms with E-state index in [0.29, 0.717) is 17.8 Å². The monoisotopic (exact) mass is 621 g/mol. The molecule has 2 fully saturated rings. The highest BCUT2D eigenvalue weighted by atomic mass is 16.7. The summed E-state index contributed by atoms with van der Waals surface area (Å²) in [7, 11) is 1.36. The van der Waals surface area contributed by atoms with Crippen molar-refractivity contribution in [2.24, 2.45) is 0 Å².